The first-order chi connectivity index (χ1) is 7.03. The molecule has 0 aromatic heterocycles. The summed E-state index contributed by atoms with van der Waals surface area (Å²) in [5, 5.41) is 0. The highest BCUT2D eigenvalue weighted by molar-refractivity contribution is 5.86. The van der Waals surface area contributed by atoms with Gasteiger partial charge in [-0.2, -0.15) is 0 Å². The van der Waals surface area contributed by atoms with Crippen LogP contribution >= 0.6 is 0 Å². The number of hydrogen-bond donors (Lipinski definition) is 0. The molecule has 0 aromatic rings. The molecule has 0 N–H and O–H groups in total. The third kappa shape index (κ3) is 2.08. The summed E-state index contributed by atoms with van der Waals surface area (Å²) in [5.41, 5.74) is 0. The molecule has 1 aliphatic heterocycles. The molecule has 2 rings (SSSR count). The van der Waals surface area contributed by atoms with Crippen molar-refractivity contribution >= 4 is 5.78 Å². The smallest absolute Gasteiger partial charge is 0.164 e. The van der Waals surface area contributed by atoms with Gasteiger partial charge in [-0.25, -0.2) is 0 Å². The van der Waals surface area contributed by atoms with Crippen LogP contribution in [-0.4, -0.2) is 23.8 Å². The Kier molecular flexibility index (Phi) is 2.86. The fourth-order valence-electron chi connectivity index (χ4n) is 2.61. The van der Waals surface area contributed by atoms with E-state index in [1.54, 1.807) is 0 Å². The van der Waals surface area contributed by atoms with Crippen LogP contribution in [0.2, 0.25) is 0 Å². The Balaban J connectivity index is 2.02. The summed E-state index contributed by atoms with van der Waals surface area (Å²) in [4.78, 5) is 11.7. The van der Waals surface area contributed by atoms with Crippen LogP contribution in [0, 0.1) is 5.92 Å². The summed E-state index contributed by atoms with van der Waals surface area (Å²) in [7, 11) is 0. The van der Waals surface area contributed by atoms with Crippen LogP contribution in [-0.2, 0) is 14.3 Å². The quantitative estimate of drug-likeness (QED) is 0.720. The van der Waals surface area contributed by atoms with Crippen LogP contribution in [0.4, 0.5) is 0 Å². The Labute approximate surface area is 91.1 Å². The molecule has 86 valence electrons. The van der Waals surface area contributed by atoms with Crippen LogP contribution in [0.5, 0.6) is 0 Å². The average molecular weight is 212 g/mol. The van der Waals surface area contributed by atoms with E-state index in [9.17, 15) is 4.79 Å². The Morgan fingerprint density at radius 3 is 2.80 bits per heavy atom. The monoisotopic (exact) mass is 212 g/mol. The zero-order chi connectivity index (χ0) is 11.1. The Morgan fingerprint density at radius 2 is 2.13 bits per heavy atom. The molecule has 2 aliphatic rings. The summed E-state index contributed by atoms with van der Waals surface area (Å²) in [5.74, 6) is 0.0338. The van der Waals surface area contributed by atoms with Gasteiger partial charge in [-0.15, -0.1) is 0 Å². The van der Waals surface area contributed by atoms with E-state index in [-0.39, 0.29) is 18.0 Å². The van der Waals surface area contributed by atoms with Gasteiger partial charge in [-0.1, -0.05) is 19.8 Å². The molecule has 3 atom stereocenters. The second-order valence-electron chi connectivity index (χ2n) is 5.09. The minimum Gasteiger partial charge on any atom is -0.344 e. The van der Waals surface area contributed by atoms with Crippen molar-refractivity contribution in [3.63, 3.8) is 0 Å². The van der Waals surface area contributed by atoms with Gasteiger partial charge in [0.05, 0.1) is 6.10 Å². The van der Waals surface area contributed by atoms with Gasteiger partial charge in [0.15, 0.2) is 11.6 Å². The van der Waals surface area contributed by atoms with E-state index in [4.69, 9.17) is 9.47 Å². The van der Waals surface area contributed by atoms with Gasteiger partial charge in [0.2, 0.25) is 0 Å². The molecule has 0 radical (unpaired) electrons. The predicted octanol–water partition coefficient (Wildman–Crippen LogP) is 2.29. The van der Waals surface area contributed by atoms with Gasteiger partial charge in [-0.05, 0) is 26.2 Å². The molecule has 1 saturated carbocycles. The summed E-state index contributed by atoms with van der Waals surface area (Å²) in [6, 6.07) is 0. The molecule has 15 heavy (non-hydrogen) atoms. The fraction of sp³-hybridized carbons (Fsp3) is 0.917. The van der Waals surface area contributed by atoms with Crippen LogP contribution in [0.15, 0.2) is 0 Å². The molecule has 0 unspecified atom stereocenters. The van der Waals surface area contributed by atoms with Crippen molar-refractivity contribution in [2.45, 2.75) is 64.4 Å². The lowest BCUT2D eigenvalue weighted by atomic mass is 9.98. The van der Waals surface area contributed by atoms with Crippen molar-refractivity contribution in [2.75, 3.05) is 0 Å². The zero-order valence-corrected chi connectivity index (χ0v) is 9.79. The standard InChI is InChI=1S/C12H20O3/c1-4-5-6-8-7-9(13)11-10(8)14-12(2,3)15-11/h8,10-11H,4-7H2,1-3H3/t8-,10+,11+/m1/s1. The maximum absolute atomic E-state index is 11.7. The van der Waals surface area contributed by atoms with Gasteiger partial charge in [0, 0.05) is 6.42 Å². The number of fused-ring (bicyclic) bond motifs is 1. The minimum absolute atomic E-state index is 0.0130. The van der Waals surface area contributed by atoms with Gasteiger partial charge in [0.25, 0.3) is 0 Å². The highest BCUT2D eigenvalue weighted by Crippen LogP contribution is 2.41. The molecule has 1 saturated heterocycles. The number of carbonyl (C=O) groups excluding carboxylic acids is 1. The van der Waals surface area contributed by atoms with Crippen LogP contribution in [0.1, 0.15) is 46.5 Å². The van der Waals surface area contributed by atoms with E-state index in [2.05, 4.69) is 6.92 Å². The van der Waals surface area contributed by atoms with E-state index >= 15 is 0 Å². The minimum atomic E-state index is -0.574. The average Bonchev–Trinajstić information content (AvgIpc) is 2.60. The summed E-state index contributed by atoms with van der Waals surface area (Å²) in [6.07, 6.45) is 3.80. The lowest BCUT2D eigenvalue weighted by Gasteiger charge is -2.21. The van der Waals surface area contributed by atoms with Crippen molar-refractivity contribution in [1.29, 1.82) is 0 Å². The summed E-state index contributed by atoms with van der Waals surface area (Å²) < 4.78 is 11.4. The molecule has 3 heteroatoms. The molecule has 0 aromatic carbocycles. The van der Waals surface area contributed by atoms with Crippen LogP contribution in [0.3, 0.4) is 0 Å². The first-order valence-electron chi connectivity index (χ1n) is 5.92. The van der Waals surface area contributed by atoms with Gasteiger partial charge in [0.1, 0.15) is 6.10 Å². The second-order valence-corrected chi connectivity index (χ2v) is 5.09. The topological polar surface area (TPSA) is 35.5 Å². The fourth-order valence-corrected chi connectivity index (χ4v) is 2.61. The van der Waals surface area contributed by atoms with E-state index < -0.39 is 5.79 Å². The Hall–Kier alpha value is -0.410. The molecule has 1 aliphatic carbocycles. The van der Waals surface area contributed by atoms with Crippen LogP contribution in [0.25, 0.3) is 0 Å². The highest BCUT2D eigenvalue weighted by Gasteiger charge is 2.53. The molecular weight excluding hydrogens is 192 g/mol. The third-order valence-electron chi connectivity index (χ3n) is 3.30. The predicted molar refractivity (Wildman–Crippen MR) is 56.5 cm³/mol. The van der Waals surface area contributed by atoms with Crippen molar-refractivity contribution in [3.05, 3.63) is 0 Å². The lowest BCUT2D eigenvalue weighted by Crippen LogP contribution is -2.25. The van der Waals surface area contributed by atoms with Crippen molar-refractivity contribution < 1.29 is 14.3 Å². The van der Waals surface area contributed by atoms with E-state index in [1.165, 1.54) is 12.8 Å². The molecule has 3 nitrogen and oxygen atoms in total. The molecule has 1 heterocycles. The van der Waals surface area contributed by atoms with Crippen LogP contribution < -0.4 is 0 Å². The SMILES string of the molecule is CCCC[C@@H]1CC(=O)[C@@H]2OC(C)(C)O[C@@H]12. The Bertz CT molecular complexity index is 260. The number of unbranched alkanes of at least 4 members (excludes halogenated alkanes) is 1. The number of carbonyl (C=O) groups is 1. The Morgan fingerprint density at radius 1 is 1.40 bits per heavy atom. The maximum Gasteiger partial charge on any atom is 0.164 e. The number of Topliss-reactive ketones (excluding diaryl/α,β-unsaturated/α-hetero) is 1. The maximum atomic E-state index is 11.7. The van der Waals surface area contributed by atoms with E-state index in [0.717, 1.165) is 6.42 Å². The van der Waals surface area contributed by atoms with Gasteiger partial charge >= 0.3 is 0 Å². The van der Waals surface area contributed by atoms with E-state index in [0.29, 0.717) is 12.3 Å². The highest BCUT2D eigenvalue weighted by atomic mass is 16.8. The zero-order valence-electron chi connectivity index (χ0n) is 9.79. The molecule has 0 bridgehead atoms. The van der Waals surface area contributed by atoms with Crippen molar-refractivity contribution in [3.8, 4) is 0 Å². The van der Waals surface area contributed by atoms with Crippen molar-refractivity contribution in [1.82, 2.24) is 0 Å². The normalized spacial score (nSPS) is 38.3. The molecule has 0 amide bonds. The van der Waals surface area contributed by atoms with Gasteiger partial charge < -0.3 is 9.47 Å². The van der Waals surface area contributed by atoms with Gasteiger partial charge in [-0.3, -0.25) is 4.79 Å². The number of ketones is 1. The number of rotatable bonds is 3. The molecule has 0 spiro atoms. The first kappa shape index (κ1) is 11.1. The molecular formula is C12H20O3. The van der Waals surface area contributed by atoms with Crippen molar-refractivity contribution in [2.24, 2.45) is 5.92 Å². The lowest BCUT2D eigenvalue weighted by molar-refractivity contribution is -0.163. The van der Waals surface area contributed by atoms with E-state index in [1.807, 2.05) is 13.8 Å². The number of hydrogen-bond acceptors (Lipinski definition) is 3. The largest absolute Gasteiger partial charge is 0.344 e. The number of ether oxygens (including phenoxy) is 2. The molecule has 2 fully saturated rings. The summed E-state index contributed by atoms with van der Waals surface area (Å²) in [6.45, 7) is 5.94. The second kappa shape index (κ2) is 3.87. The summed E-state index contributed by atoms with van der Waals surface area (Å²) >= 11 is 0. The first-order valence-corrected chi connectivity index (χ1v) is 5.92. The third-order valence-corrected chi connectivity index (χ3v) is 3.30.